The van der Waals surface area contributed by atoms with Crippen LogP contribution in [0.2, 0.25) is 0 Å². The van der Waals surface area contributed by atoms with Crippen LogP contribution in [0.4, 0.5) is 5.69 Å². The van der Waals surface area contributed by atoms with Gasteiger partial charge in [-0.25, -0.2) is 8.42 Å². The van der Waals surface area contributed by atoms with Crippen molar-refractivity contribution in [2.75, 3.05) is 12.4 Å². The highest BCUT2D eigenvalue weighted by Crippen LogP contribution is 2.24. The van der Waals surface area contributed by atoms with E-state index in [0.29, 0.717) is 11.4 Å². The highest BCUT2D eigenvalue weighted by Gasteiger charge is 2.14. The number of nitrogens with one attached hydrogen (secondary N) is 3. The highest BCUT2D eigenvalue weighted by molar-refractivity contribution is 7.89. The maximum Gasteiger partial charge on any atom is 0.257 e. The number of benzene rings is 2. The van der Waals surface area contributed by atoms with Gasteiger partial charge in [-0.05, 0) is 55.9 Å². The third-order valence-electron chi connectivity index (χ3n) is 3.23. The zero-order chi connectivity index (χ0) is 17.7. The minimum atomic E-state index is -3.71. The normalized spacial score (nSPS) is 11.0. The largest absolute Gasteiger partial charge is 0.495 e. The van der Waals surface area contributed by atoms with E-state index in [0.717, 1.165) is 11.1 Å². The summed E-state index contributed by atoms with van der Waals surface area (Å²) in [5, 5.41) is 3.01. The Morgan fingerprint density at radius 3 is 2.29 bits per heavy atom. The summed E-state index contributed by atoms with van der Waals surface area (Å²) in [7, 11) is -2.16. The van der Waals surface area contributed by atoms with E-state index in [4.69, 9.17) is 17.0 Å². The first-order valence-electron chi connectivity index (χ1n) is 7.12. The minimum Gasteiger partial charge on any atom is -0.495 e. The smallest absolute Gasteiger partial charge is 0.257 e. The number of aryl methyl sites for hydroxylation is 2. The van der Waals surface area contributed by atoms with Crippen LogP contribution in [0.25, 0.3) is 0 Å². The fraction of sp³-hybridized carbons (Fsp3) is 0.188. The molecular weight excluding hydrogens is 346 g/mol. The average molecular weight is 365 g/mol. The van der Waals surface area contributed by atoms with E-state index < -0.39 is 10.0 Å². The molecule has 0 unspecified atom stereocenters. The van der Waals surface area contributed by atoms with Crippen molar-refractivity contribution in [1.29, 1.82) is 0 Å². The van der Waals surface area contributed by atoms with Gasteiger partial charge in [-0.1, -0.05) is 23.8 Å². The summed E-state index contributed by atoms with van der Waals surface area (Å²) < 4.78 is 29.6. The van der Waals surface area contributed by atoms with E-state index in [-0.39, 0.29) is 10.0 Å². The second kappa shape index (κ2) is 7.61. The van der Waals surface area contributed by atoms with Gasteiger partial charge in [-0.3, -0.25) is 5.43 Å². The van der Waals surface area contributed by atoms with Gasteiger partial charge < -0.3 is 10.1 Å². The molecule has 0 radical (unpaired) electrons. The van der Waals surface area contributed by atoms with Gasteiger partial charge in [0, 0.05) is 0 Å². The molecule has 0 aliphatic carbocycles. The molecule has 0 aliphatic rings. The minimum absolute atomic E-state index is 0.106. The molecule has 0 aliphatic heterocycles. The molecule has 0 amide bonds. The van der Waals surface area contributed by atoms with Crippen molar-refractivity contribution in [2.45, 2.75) is 18.7 Å². The molecule has 0 fully saturated rings. The number of ether oxygens (including phenoxy) is 1. The van der Waals surface area contributed by atoms with E-state index >= 15 is 0 Å². The van der Waals surface area contributed by atoms with Crippen molar-refractivity contribution >= 4 is 33.0 Å². The predicted octanol–water partition coefficient (Wildman–Crippen LogP) is 2.49. The summed E-state index contributed by atoms with van der Waals surface area (Å²) in [6.45, 7) is 3.82. The van der Waals surface area contributed by atoms with Crippen LogP contribution in [0.3, 0.4) is 0 Å². The molecule has 3 N–H and O–H groups in total. The van der Waals surface area contributed by atoms with Crippen LogP contribution in [-0.2, 0) is 10.0 Å². The van der Waals surface area contributed by atoms with Crippen molar-refractivity contribution in [3.8, 4) is 5.75 Å². The molecule has 0 heterocycles. The Morgan fingerprint density at radius 1 is 1.04 bits per heavy atom. The molecule has 8 heteroatoms. The number of sulfonamides is 1. The number of thiocarbonyl (C=S) groups is 1. The maximum absolute atomic E-state index is 12.2. The van der Waals surface area contributed by atoms with Crippen LogP contribution in [0.5, 0.6) is 5.75 Å². The molecule has 0 aromatic heterocycles. The van der Waals surface area contributed by atoms with Gasteiger partial charge in [0.25, 0.3) is 10.0 Å². The molecule has 0 atom stereocenters. The predicted molar refractivity (Wildman–Crippen MR) is 98.6 cm³/mol. The Hall–Kier alpha value is -2.16. The van der Waals surface area contributed by atoms with Gasteiger partial charge in [0.1, 0.15) is 5.75 Å². The van der Waals surface area contributed by atoms with Gasteiger partial charge in [0.2, 0.25) is 0 Å². The van der Waals surface area contributed by atoms with Crippen molar-refractivity contribution < 1.29 is 13.2 Å². The standard InChI is InChI=1S/C16H19N3O3S2/c1-11-4-7-13(8-5-11)24(20,21)19-18-16(23)17-14-10-12(2)6-9-15(14)22-3/h4-10,19H,1-3H3,(H2,17,18,23). The summed E-state index contributed by atoms with van der Waals surface area (Å²) in [4.78, 5) is 2.39. The van der Waals surface area contributed by atoms with Crippen LogP contribution in [-0.4, -0.2) is 20.6 Å². The van der Waals surface area contributed by atoms with Crippen LogP contribution in [0.1, 0.15) is 11.1 Å². The Balaban J connectivity index is 2.03. The van der Waals surface area contributed by atoms with Crippen molar-refractivity contribution in [3.05, 3.63) is 53.6 Å². The first kappa shape index (κ1) is 18.2. The third kappa shape index (κ3) is 4.67. The lowest BCUT2D eigenvalue weighted by atomic mass is 10.2. The van der Waals surface area contributed by atoms with E-state index in [9.17, 15) is 8.42 Å². The van der Waals surface area contributed by atoms with E-state index in [1.807, 2.05) is 26.0 Å². The van der Waals surface area contributed by atoms with Gasteiger partial charge in [0.15, 0.2) is 5.11 Å². The summed E-state index contributed by atoms with van der Waals surface area (Å²) in [6.07, 6.45) is 0. The Morgan fingerprint density at radius 2 is 1.67 bits per heavy atom. The molecular formula is C16H19N3O3S2. The number of methoxy groups -OCH3 is 1. The maximum atomic E-state index is 12.2. The van der Waals surface area contributed by atoms with Crippen LogP contribution in [0, 0.1) is 13.8 Å². The van der Waals surface area contributed by atoms with Crippen molar-refractivity contribution in [3.63, 3.8) is 0 Å². The number of hydrazine groups is 1. The first-order valence-corrected chi connectivity index (χ1v) is 9.01. The number of anilines is 1. The van der Waals surface area contributed by atoms with Gasteiger partial charge in [0.05, 0.1) is 17.7 Å². The highest BCUT2D eigenvalue weighted by atomic mass is 32.2. The molecule has 2 rings (SSSR count). The first-order chi connectivity index (χ1) is 11.3. The summed E-state index contributed by atoms with van der Waals surface area (Å²) in [6, 6.07) is 12.1. The van der Waals surface area contributed by atoms with Crippen molar-refractivity contribution in [2.24, 2.45) is 0 Å². The average Bonchev–Trinajstić information content (AvgIpc) is 2.54. The molecule has 2 aromatic carbocycles. The Labute approximate surface area is 147 Å². The SMILES string of the molecule is COc1ccc(C)cc1NC(=S)NNS(=O)(=O)c1ccc(C)cc1. The lowest BCUT2D eigenvalue weighted by Crippen LogP contribution is -2.43. The number of hydrogen-bond acceptors (Lipinski definition) is 4. The molecule has 0 saturated heterocycles. The fourth-order valence-electron chi connectivity index (χ4n) is 1.96. The second-order valence-electron chi connectivity index (χ2n) is 5.20. The fourth-order valence-corrected chi connectivity index (χ4v) is 3.04. The third-order valence-corrected chi connectivity index (χ3v) is 4.70. The van der Waals surface area contributed by atoms with Gasteiger partial charge >= 0.3 is 0 Å². The monoisotopic (exact) mass is 365 g/mol. The zero-order valence-electron chi connectivity index (χ0n) is 13.6. The van der Waals surface area contributed by atoms with E-state index in [2.05, 4.69) is 15.6 Å². The lowest BCUT2D eigenvalue weighted by Gasteiger charge is -2.14. The van der Waals surface area contributed by atoms with Gasteiger partial charge in [-0.15, -0.1) is 4.83 Å². The molecule has 0 spiro atoms. The molecule has 0 saturated carbocycles. The topological polar surface area (TPSA) is 79.5 Å². The lowest BCUT2D eigenvalue weighted by molar-refractivity contribution is 0.417. The van der Waals surface area contributed by atoms with Crippen LogP contribution in [0.15, 0.2) is 47.4 Å². The molecule has 2 aromatic rings. The second-order valence-corrected chi connectivity index (χ2v) is 7.29. The van der Waals surface area contributed by atoms with E-state index in [1.54, 1.807) is 25.3 Å². The van der Waals surface area contributed by atoms with Crippen molar-refractivity contribution in [1.82, 2.24) is 10.3 Å². The zero-order valence-corrected chi connectivity index (χ0v) is 15.2. The Bertz CT molecular complexity index is 834. The quantitative estimate of drug-likeness (QED) is 0.558. The molecule has 24 heavy (non-hydrogen) atoms. The Kier molecular flexibility index (Phi) is 5.76. The number of rotatable bonds is 5. The molecule has 128 valence electrons. The number of hydrogen-bond donors (Lipinski definition) is 3. The van der Waals surface area contributed by atoms with Crippen LogP contribution < -0.4 is 20.3 Å². The van der Waals surface area contributed by atoms with Crippen LogP contribution >= 0.6 is 12.2 Å². The summed E-state index contributed by atoms with van der Waals surface area (Å²) in [5.74, 6) is 0.603. The van der Waals surface area contributed by atoms with Gasteiger partial charge in [-0.2, -0.15) is 0 Å². The molecule has 0 bridgehead atoms. The summed E-state index contributed by atoms with van der Waals surface area (Å²) >= 11 is 5.12. The molecule has 6 nitrogen and oxygen atoms in total. The van der Waals surface area contributed by atoms with E-state index in [1.165, 1.54) is 12.1 Å². The summed E-state index contributed by atoms with van der Waals surface area (Å²) in [5.41, 5.74) is 5.12.